The molecule has 2 rings (SSSR count). The number of hydrogen-bond acceptors (Lipinski definition) is 4. The van der Waals surface area contributed by atoms with Crippen molar-refractivity contribution in [2.24, 2.45) is 0 Å². The number of halogens is 1. The van der Waals surface area contributed by atoms with Gasteiger partial charge in [-0.25, -0.2) is 9.97 Å². The summed E-state index contributed by atoms with van der Waals surface area (Å²) in [7, 11) is 0. The number of benzene rings is 1. The van der Waals surface area contributed by atoms with Crippen molar-refractivity contribution in [3.05, 3.63) is 40.5 Å². The Kier molecular flexibility index (Phi) is 5.09. The number of anilines is 1. The zero-order valence-electron chi connectivity index (χ0n) is 11.6. The van der Waals surface area contributed by atoms with Crippen LogP contribution >= 0.6 is 15.9 Å². The van der Waals surface area contributed by atoms with Crippen LogP contribution in [0.4, 0.5) is 5.82 Å². The van der Waals surface area contributed by atoms with E-state index in [9.17, 15) is 5.11 Å². The molecule has 0 saturated heterocycles. The molecule has 106 valence electrons. The van der Waals surface area contributed by atoms with Crippen LogP contribution < -0.4 is 5.32 Å². The predicted octanol–water partition coefficient (Wildman–Crippen LogP) is 3.26. The average molecular weight is 336 g/mol. The first kappa shape index (κ1) is 14.9. The molecular formula is C15H18BrN3O. The van der Waals surface area contributed by atoms with Crippen molar-refractivity contribution < 1.29 is 5.11 Å². The number of hydrogen-bond donors (Lipinski definition) is 2. The van der Waals surface area contributed by atoms with Gasteiger partial charge in [0.05, 0.1) is 6.10 Å². The van der Waals surface area contributed by atoms with Crippen LogP contribution in [0, 0.1) is 0 Å². The molecule has 0 aliphatic rings. The van der Waals surface area contributed by atoms with Crippen molar-refractivity contribution in [2.75, 3.05) is 11.9 Å². The van der Waals surface area contributed by atoms with Crippen LogP contribution in [-0.4, -0.2) is 27.7 Å². The largest absolute Gasteiger partial charge is 0.392 e. The normalized spacial score (nSPS) is 12.2. The first-order chi connectivity index (χ1) is 9.58. The zero-order valence-corrected chi connectivity index (χ0v) is 13.2. The molecule has 1 atom stereocenters. The Bertz CT molecular complexity index is 570. The van der Waals surface area contributed by atoms with Gasteiger partial charge in [0.2, 0.25) is 0 Å². The molecule has 5 heteroatoms. The number of rotatable bonds is 5. The summed E-state index contributed by atoms with van der Waals surface area (Å²) in [5, 5.41) is 12.5. The molecule has 1 heterocycles. The minimum absolute atomic E-state index is 0.411. The van der Waals surface area contributed by atoms with E-state index in [1.165, 1.54) is 0 Å². The van der Waals surface area contributed by atoms with Gasteiger partial charge in [0.1, 0.15) is 5.82 Å². The van der Waals surface area contributed by atoms with Crippen LogP contribution in [0.15, 0.2) is 34.8 Å². The number of aliphatic hydroxyl groups is 1. The molecule has 1 aromatic carbocycles. The van der Waals surface area contributed by atoms with E-state index in [4.69, 9.17) is 0 Å². The summed E-state index contributed by atoms with van der Waals surface area (Å²) in [6, 6.07) is 9.83. The summed E-state index contributed by atoms with van der Waals surface area (Å²) in [5.41, 5.74) is 1.95. The standard InChI is InChI=1S/C15H18BrN3O/c1-3-13-8-14(17-9-10(2)20)19-15(18-13)11-4-6-12(16)7-5-11/h4-8,10,20H,3,9H2,1-2H3,(H,17,18,19). The van der Waals surface area contributed by atoms with Gasteiger partial charge in [-0.3, -0.25) is 0 Å². The maximum Gasteiger partial charge on any atom is 0.161 e. The third kappa shape index (κ3) is 4.02. The van der Waals surface area contributed by atoms with E-state index < -0.39 is 6.10 Å². The highest BCUT2D eigenvalue weighted by molar-refractivity contribution is 9.10. The number of nitrogens with one attached hydrogen (secondary N) is 1. The minimum Gasteiger partial charge on any atom is -0.392 e. The van der Waals surface area contributed by atoms with Gasteiger partial charge in [0.25, 0.3) is 0 Å². The smallest absolute Gasteiger partial charge is 0.161 e. The van der Waals surface area contributed by atoms with Gasteiger partial charge in [-0.05, 0) is 25.5 Å². The maximum absolute atomic E-state index is 9.35. The lowest BCUT2D eigenvalue weighted by Gasteiger charge is -2.10. The van der Waals surface area contributed by atoms with E-state index in [1.54, 1.807) is 6.92 Å². The summed E-state index contributed by atoms with van der Waals surface area (Å²) < 4.78 is 1.03. The Morgan fingerprint density at radius 1 is 1.25 bits per heavy atom. The van der Waals surface area contributed by atoms with Gasteiger partial charge < -0.3 is 10.4 Å². The highest BCUT2D eigenvalue weighted by Crippen LogP contribution is 2.20. The van der Waals surface area contributed by atoms with E-state index >= 15 is 0 Å². The van der Waals surface area contributed by atoms with E-state index in [0.29, 0.717) is 12.4 Å². The second-order valence-corrected chi connectivity index (χ2v) is 5.57. The molecule has 1 unspecified atom stereocenters. The average Bonchev–Trinajstić information content (AvgIpc) is 2.45. The Morgan fingerprint density at radius 2 is 1.95 bits per heavy atom. The van der Waals surface area contributed by atoms with E-state index in [0.717, 1.165) is 28.0 Å². The molecule has 0 saturated carbocycles. The van der Waals surface area contributed by atoms with Gasteiger partial charge in [-0.15, -0.1) is 0 Å². The van der Waals surface area contributed by atoms with Crippen molar-refractivity contribution in [1.29, 1.82) is 0 Å². The van der Waals surface area contributed by atoms with Crippen LogP contribution in [0.3, 0.4) is 0 Å². The Balaban J connectivity index is 2.32. The Morgan fingerprint density at radius 3 is 2.55 bits per heavy atom. The third-order valence-corrected chi connectivity index (χ3v) is 3.35. The lowest BCUT2D eigenvalue weighted by Crippen LogP contribution is -2.16. The molecule has 0 fully saturated rings. The topological polar surface area (TPSA) is 58.0 Å². The third-order valence-electron chi connectivity index (χ3n) is 2.82. The molecule has 0 aliphatic carbocycles. The zero-order chi connectivity index (χ0) is 14.5. The fourth-order valence-corrected chi connectivity index (χ4v) is 2.01. The lowest BCUT2D eigenvalue weighted by molar-refractivity contribution is 0.208. The summed E-state index contributed by atoms with van der Waals surface area (Å²) in [4.78, 5) is 9.05. The van der Waals surface area contributed by atoms with E-state index in [1.807, 2.05) is 30.3 Å². The van der Waals surface area contributed by atoms with Gasteiger partial charge in [-0.2, -0.15) is 0 Å². The summed E-state index contributed by atoms with van der Waals surface area (Å²) in [5.74, 6) is 1.45. The molecule has 1 aromatic heterocycles. The summed E-state index contributed by atoms with van der Waals surface area (Å²) in [6.07, 6.45) is 0.432. The van der Waals surface area contributed by atoms with Crippen LogP contribution in [0.2, 0.25) is 0 Å². The molecule has 0 amide bonds. The van der Waals surface area contributed by atoms with Gasteiger partial charge in [0, 0.05) is 28.3 Å². The van der Waals surface area contributed by atoms with Crippen LogP contribution in [-0.2, 0) is 6.42 Å². The monoisotopic (exact) mass is 335 g/mol. The molecule has 4 nitrogen and oxygen atoms in total. The van der Waals surface area contributed by atoms with Crippen LogP contribution in [0.1, 0.15) is 19.5 Å². The molecule has 0 spiro atoms. The first-order valence-electron chi connectivity index (χ1n) is 6.64. The number of aromatic nitrogens is 2. The molecule has 0 bridgehead atoms. The lowest BCUT2D eigenvalue weighted by atomic mass is 10.2. The van der Waals surface area contributed by atoms with Gasteiger partial charge in [-0.1, -0.05) is 35.0 Å². The number of aliphatic hydroxyl groups excluding tert-OH is 1. The molecule has 2 aromatic rings. The Labute approximate surface area is 127 Å². The van der Waals surface area contributed by atoms with Crippen molar-refractivity contribution >= 4 is 21.7 Å². The maximum atomic E-state index is 9.35. The fraction of sp³-hybridized carbons (Fsp3) is 0.333. The first-order valence-corrected chi connectivity index (χ1v) is 7.43. The highest BCUT2D eigenvalue weighted by atomic mass is 79.9. The second kappa shape index (κ2) is 6.81. The number of nitrogens with zero attached hydrogens (tertiary/aromatic N) is 2. The number of aryl methyl sites for hydroxylation is 1. The predicted molar refractivity (Wildman–Crippen MR) is 84.7 cm³/mol. The van der Waals surface area contributed by atoms with Crippen molar-refractivity contribution in [3.8, 4) is 11.4 Å². The second-order valence-electron chi connectivity index (χ2n) is 4.66. The van der Waals surface area contributed by atoms with Crippen molar-refractivity contribution in [2.45, 2.75) is 26.4 Å². The van der Waals surface area contributed by atoms with Crippen molar-refractivity contribution in [3.63, 3.8) is 0 Å². The minimum atomic E-state index is -0.411. The molecular weight excluding hydrogens is 318 g/mol. The van der Waals surface area contributed by atoms with Gasteiger partial charge >= 0.3 is 0 Å². The quantitative estimate of drug-likeness (QED) is 0.880. The van der Waals surface area contributed by atoms with E-state index in [2.05, 4.69) is 38.1 Å². The Hall–Kier alpha value is -1.46. The molecule has 0 radical (unpaired) electrons. The molecule has 2 N–H and O–H groups in total. The highest BCUT2D eigenvalue weighted by Gasteiger charge is 2.07. The van der Waals surface area contributed by atoms with Crippen LogP contribution in [0.5, 0.6) is 0 Å². The van der Waals surface area contributed by atoms with Gasteiger partial charge in [0.15, 0.2) is 5.82 Å². The van der Waals surface area contributed by atoms with E-state index in [-0.39, 0.29) is 0 Å². The fourth-order valence-electron chi connectivity index (χ4n) is 1.75. The summed E-state index contributed by atoms with van der Waals surface area (Å²) >= 11 is 3.42. The van der Waals surface area contributed by atoms with Crippen LogP contribution in [0.25, 0.3) is 11.4 Å². The molecule has 0 aliphatic heterocycles. The SMILES string of the molecule is CCc1cc(NCC(C)O)nc(-c2ccc(Br)cc2)n1. The molecule has 20 heavy (non-hydrogen) atoms. The van der Waals surface area contributed by atoms with Crippen molar-refractivity contribution in [1.82, 2.24) is 9.97 Å². The summed E-state index contributed by atoms with van der Waals surface area (Å²) in [6.45, 7) is 4.27.